The average Bonchev–Trinajstić information content (AvgIpc) is 2.76. The molecule has 2 N–H and O–H groups in total. The fourth-order valence-corrected chi connectivity index (χ4v) is 3.61. The number of amides is 3. The Kier molecular flexibility index (Phi) is 3.91. The molecule has 0 aromatic heterocycles. The molecule has 2 fully saturated rings. The molecule has 1 aromatic rings. The number of aliphatic hydroxyl groups is 1. The summed E-state index contributed by atoms with van der Waals surface area (Å²) >= 11 is 0. The second kappa shape index (κ2) is 5.72. The maximum Gasteiger partial charge on any atom is 0.325 e. The standard InChI is InChI=1S/C17H22N2O3/c1-12-7-5-6-10-17(12)15(21)19(16(22)18-17)11-14(20)13-8-3-2-4-9-13/h2-4,8-9,12,14,20H,5-7,10-11H2,1H3,(H,18,22)/t12-,14+,17+/m1/s1. The van der Waals surface area contributed by atoms with E-state index in [1.165, 1.54) is 4.90 Å². The van der Waals surface area contributed by atoms with Gasteiger partial charge in [-0.2, -0.15) is 0 Å². The number of urea groups is 1. The Balaban J connectivity index is 1.77. The zero-order valence-electron chi connectivity index (χ0n) is 12.8. The highest BCUT2D eigenvalue weighted by Gasteiger charge is 2.55. The van der Waals surface area contributed by atoms with Gasteiger partial charge in [0.2, 0.25) is 0 Å². The van der Waals surface area contributed by atoms with E-state index in [0.29, 0.717) is 12.0 Å². The zero-order chi connectivity index (χ0) is 15.7. The van der Waals surface area contributed by atoms with E-state index in [2.05, 4.69) is 5.32 Å². The van der Waals surface area contributed by atoms with Gasteiger partial charge in [-0.25, -0.2) is 4.79 Å². The maximum atomic E-state index is 12.8. The Hall–Kier alpha value is -1.88. The van der Waals surface area contributed by atoms with Crippen LogP contribution in [0.15, 0.2) is 30.3 Å². The topological polar surface area (TPSA) is 69.6 Å². The number of hydrogen-bond acceptors (Lipinski definition) is 3. The fraction of sp³-hybridized carbons (Fsp3) is 0.529. The van der Waals surface area contributed by atoms with Crippen molar-refractivity contribution in [1.82, 2.24) is 10.2 Å². The summed E-state index contributed by atoms with van der Waals surface area (Å²) in [6.07, 6.45) is 2.83. The van der Waals surface area contributed by atoms with Crippen LogP contribution in [0.2, 0.25) is 0 Å². The molecule has 1 saturated carbocycles. The first-order valence-electron chi connectivity index (χ1n) is 7.92. The number of nitrogens with zero attached hydrogens (tertiary/aromatic N) is 1. The molecule has 1 aliphatic heterocycles. The Morgan fingerprint density at radius 3 is 2.73 bits per heavy atom. The van der Waals surface area contributed by atoms with Crippen molar-refractivity contribution in [1.29, 1.82) is 0 Å². The molecule has 3 atom stereocenters. The molecule has 5 nitrogen and oxygen atoms in total. The Labute approximate surface area is 130 Å². The van der Waals surface area contributed by atoms with Crippen LogP contribution in [0.5, 0.6) is 0 Å². The van der Waals surface area contributed by atoms with E-state index in [0.717, 1.165) is 19.3 Å². The molecule has 3 amide bonds. The summed E-state index contributed by atoms with van der Waals surface area (Å²) in [5.41, 5.74) is -0.0492. The number of β-amino-alcohol motifs (C(OH)–C–C–N with tert-alkyl or cyclic N) is 1. The van der Waals surface area contributed by atoms with Gasteiger partial charge in [-0.3, -0.25) is 9.69 Å². The first kappa shape index (κ1) is 15.0. The zero-order valence-corrected chi connectivity index (χ0v) is 12.8. The van der Waals surface area contributed by atoms with Crippen LogP contribution < -0.4 is 5.32 Å². The van der Waals surface area contributed by atoms with Crippen molar-refractivity contribution in [3.63, 3.8) is 0 Å². The lowest BCUT2D eigenvalue weighted by molar-refractivity contribution is -0.135. The van der Waals surface area contributed by atoms with E-state index in [-0.39, 0.29) is 24.4 Å². The maximum absolute atomic E-state index is 12.8. The molecule has 1 heterocycles. The minimum Gasteiger partial charge on any atom is -0.387 e. The monoisotopic (exact) mass is 302 g/mol. The minimum atomic E-state index is -0.857. The van der Waals surface area contributed by atoms with Crippen molar-refractivity contribution in [3.05, 3.63) is 35.9 Å². The van der Waals surface area contributed by atoms with E-state index < -0.39 is 11.6 Å². The highest BCUT2D eigenvalue weighted by Crippen LogP contribution is 2.38. The van der Waals surface area contributed by atoms with Gasteiger partial charge in [-0.1, -0.05) is 50.1 Å². The van der Waals surface area contributed by atoms with Crippen LogP contribution in [0.1, 0.15) is 44.3 Å². The summed E-state index contributed by atoms with van der Waals surface area (Å²) in [5.74, 6) is -0.0451. The smallest absolute Gasteiger partial charge is 0.325 e. The highest BCUT2D eigenvalue weighted by atomic mass is 16.3. The molecule has 1 aromatic carbocycles. The van der Waals surface area contributed by atoms with Crippen LogP contribution in [0, 0.1) is 5.92 Å². The van der Waals surface area contributed by atoms with Crippen molar-refractivity contribution in [2.24, 2.45) is 5.92 Å². The van der Waals surface area contributed by atoms with Crippen LogP contribution >= 0.6 is 0 Å². The lowest BCUT2D eigenvalue weighted by atomic mass is 9.73. The van der Waals surface area contributed by atoms with Crippen molar-refractivity contribution in [2.75, 3.05) is 6.54 Å². The largest absolute Gasteiger partial charge is 0.387 e. The predicted molar refractivity (Wildman–Crippen MR) is 82.0 cm³/mol. The first-order valence-corrected chi connectivity index (χ1v) is 7.92. The Bertz CT molecular complexity index is 575. The molecule has 118 valence electrons. The van der Waals surface area contributed by atoms with Gasteiger partial charge >= 0.3 is 6.03 Å². The van der Waals surface area contributed by atoms with Gasteiger partial charge in [0.15, 0.2) is 0 Å². The van der Waals surface area contributed by atoms with Crippen molar-refractivity contribution in [2.45, 2.75) is 44.2 Å². The average molecular weight is 302 g/mol. The van der Waals surface area contributed by atoms with Crippen LogP contribution in [0.4, 0.5) is 4.79 Å². The van der Waals surface area contributed by atoms with Crippen molar-refractivity contribution < 1.29 is 14.7 Å². The minimum absolute atomic E-state index is 0.00312. The SMILES string of the molecule is C[C@@H]1CCCC[C@]12NC(=O)N(C[C@H](O)c1ccccc1)C2=O. The number of carbonyl (C=O) groups excluding carboxylic acids is 2. The molecule has 2 aliphatic rings. The molecule has 1 spiro atoms. The Morgan fingerprint density at radius 1 is 1.32 bits per heavy atom. The van der Waals surface area contributed by atoms with E-state index in [1.807, 2.05) is 25.1 Å². The second-order valence-corrected chi connectivity index (χ2v) is 6.39. The molecule has 3 rings (SSSR count). The number of imide groups is 1. The van der Waals surface area contributed by atoms with Crippen LogP contribution in [0.3, 0.4) is 0 Å². The lowest BCUT2D eigenvalue weighted by Crippen LogP contribution is -2.54. The molecule has 1 aliphatic carbocycles. The van der Waals surface area contributed by atoms with Gasteiger partial charge in [0, 0.05) is 0 Å². The second-order valence-electron chi connectivity index (χ2n) is 6.39. The summed E-state index contributed by atoms with van der Waals surface area (Å²) in [7, 11) is 0. The van der Waals surface area contributed by atoms with E-state index in [9.17, 15) is 14.7 Å². The highest BCUT2D eigenvalue weighted by molar-refractivity contribution is 6.07. The number of nitrogens with one attached hydrogen (secondary N) is 1. The number of carbonyl (C=O) groups is 2. The van der Waals surface area contributed by atoms with Gasteiger partial charge in [0.25, 0.3) is 5.91 Å². The molecule has 0 radical (unpaired) electrons. The van der Waals surface area contributed by atoms with Gasteiger partial charge < -0.3 is 10.4 Å². The number of benzene rings is 1. The molecular weight excluding hydrogens is 280 g/mol. The molecular formula is C17H22N2O3. The third-order valence-corrected chi connectivity index (χ3v) is 5.04. The summed E-state index contributed by atoms with van der Waals surface area (Å²) in [5, 5.41) is 13.2. The van der Waals surface area contributed by atoms with Crippen molar-refractivity contribution >= 4 is 11.9 Å². The molecule has 1 saturated heterocycles. The normalized spacial score (nSPS) is 29.7. The first-order chi connectivity index (χ1) is 10.5. The molecule has 0 bridgehead atoms. The third kappa shape index (κ3) is 2.39. The van der Waals surface area contributed by atoms with Gasteiger partial charge in [-0.05, 0) is 24.3 Å². The van der Waals surface area contributed by atoms with Crippen LogP contribution in [0.25, 0.3) is 0 Å². The van der Waals surface area contributed by atoms with E-state index in [1.54, 1.807) is 12.1 Å². The van der Waals surface area contributed by atoms with Crippen LogP contribution in [-0.4, -0.2) is 34.0 Å². The third-order valence-electron chi connectivity index (χ3n) is 5.04. The van der Waals surface area contributed by atoms with E-state index in [4.69, 9.17) is 0 Å². The van der Waals surface area contributed by atoms with E-state index >= 15 is 0 Å². The Morgan fingerprint density at radius 2 is 2.05 bits per heavy atom. The summed E-state index contributed by atoms with van der Waals surface area (Å²) in [4.78, 5) is 26.2. The van der Waals surface area contributed by atoms with Crippen molar-refractivity contribution in [3.8, 4) is 0 Å². The lowest BCUT2D eigenvalue weighted by Gasteiger charge is -2.36. The number of hydrogen-bond donors (Lipinski definition) is 2. The van der Waals surface area contributed by atoms with Gasteiger partial charge in [0.05, 0.1) is 12.6 Å². The predicted octanol–water partition coefficient (Wildman–Crippen LogP) is 2.22. The van der Waals surface area contributed by atoms with Gasteiger partial charge in [0.1, 0.15) is 5.54 Å². The summed E-state index contributed by atoms with van der Waals surface area (Å²) in [6.45, 7) is 2.03. The number of rotatable bonds is 3. The molecule has 0 unspecified atom stereocenters. The summed E-state index contributed by atoms with van der Waals surface area (Å²) < 4.78 is 0. The van der Waals surface area contributed by atoms with Gasteiger partial charge in [-0.15, -0.1) is 0 Å². The summed E-state index contributed by atoms with van der Waals surface area (Å²) in [6, 6.07) is 8.73. The molecule has 22 heavy (non-hydrogen) atoms. The van der Waals surface area contributed by atoms with Crippen LogP contribution in [-0.2, 0) is 4.79 Å². The number of aliphatic hydroxyl groups excluding tert-OH is 1. The molecule has 5 heteroatoms. The fourth-order valence-electron chi connectivity index (χ4n) is 3.61. The quantitative estimate of drug-likeness (QED) is 0.841.